The van der Waals surface area contributed by atoms with Gasteiger partial charge >= 0.3 is 0 Å². The van der Waals surface area contributed by atoms with Gasteiger partial charge in [0, 0.05) is 6.42 Å². The Balaban J connectivity index is 1.96. The average molecular weight is 300 g/mol. The number of ether oxygens (including phenoxy) is 1. The number of aliphatic imine (C=N–C) groups is 1. The predicted molar refractivity (Wildman–Crippen MR) is 66.8 cm³/mol. The molecule has 0 aromatic rings. The number of nitrogens with one attached hydrogen (secondary N) is 2. The zero-order valence-electron chi connectivity index (χ0n) is 10.9. The Labute approximate surface area is 118 Å². The van der Waals surface area contributed by atoms with Gasteiger partial charge in [0.05, 0.1) is 12.7 Å². The maximum Gasteiger partial charge on any atom is 0.280 e. The van der Waals surface area contributed by atoms with Crippen molar-refractivity contribution in [3.05, 3.63) is 0 Å². The molecule has 5 atom stereocenters. The highest BCUT2D eigenvalue weighted by Gasteiger charge is 2.64. The molecule has 0 saturated carbocycles. The molecular weight excluding hydrogens is 284 g/mol. The monoisotopic (exact) mass is 300 g/mol. The lowest BCUT2D eigenvalue weighted by Crippen LogP contribution is -2.61. The van der Waals surface area contributed by atoms with Gasteiger partial charge < -0.3 is 26.0 Å². The maximum atomic E-state index is 12.1. The van der Waals surface area contributed by atoms with Crippen molar-refractivity contribution >= 4 is 17.8 Å². The van der Waals surface area contributed by atoms with E-state index in [1.54, 1.807) is 0 Å². The van der Waals surface area contributed by atoms with Crippen LogP contribution >= 0.6 is 0 Å². The molecule has 0 bridgehead atoms. The molecule has 2 saturated heterocycles. The quantitative estimate of drug-likeness (QED) is 0.275. The van der Waals surface area contributed by atoms with Gasteiger partial charge in [-0.2, -0.15) is 0 Å². The molecule has 11 heteroatoms. The average Bonchev–Trinajstić information content (AvgIpc) is 2.98. The summed E-state index contributed by atoms with van der Waals surface area (Å²) in [6.07, 6.45) is -3.59. The first-order chi connectivity index (χ1) is 9.90. The Morgan fingerprint density at radius 3 is 2.71 bits per heavy atom. The van der Waals surface area contributed by atoms with Crippen LogP contribution in [0.1, 0.15) is 6.42 Å². The molecule has 0 radical (unpaired) electrons. The lowest BCUT2D eigenvalue weighted by Gasteiger charge is -2.33. The summed E-state index contributed by atoms with van der Waals surface area (Å²) in [6.45, 7) is -0.396. The standard InChI is InChI=1S/C10H16N6O5/c11-8-13-6(19)10(15-8)7(20)14-9(12)16(10)5-1-3(18)4(2-17)21-5/h3-5,9,17-18H,1-2,12H2,(H,14,20)(H3,11,13,15,19)/t3-,4+,5+,9?,10?/m0/s1. The summed E-state index contributed by atoms with van der Waals surface area (Å²) in [5, 5.41) is 23.6. The highest BCUT2D eigenvalue weighted by molar-refractivity contribution is 6.19. The number of hydrogen-bond donors (Lipinski definition) is 6. The second kappa shape index (κ2) is 4.61. The summed E-state index contributed by atoms with van der Waals surface area (Å²) in [5.74, 6) is -1.67. The summed E-state index contributed by atoms with van der Waals surface area (Å²) in [6, 6.07) is 0. The number of nitrogens with zero attached hydrogens (tertiary/aromatic N) is 2. The van der Waals surface area contributed by atoms with E-state index >= 15 is 0 Å². The molecule has 11 nitrogen and oxygen atoms in total. The fourth-order valence-electron chi connectivity index (χ4n) is 2.85. The minimum Gasteiger partial charge on any atom is -0.394 e. The second-order valence-corrected chi connectivity index (χ2v) is 5.06. The summed E-state index contributed by atoms with van der Waals surface area (Å²) in [4.78, 5) is 29.4. The van der Waals surface area contributed by atoms with Crippen molar-refractivity contribution in [2.24, 2.45) is 16.5 Å². The van der Waals surface area contributed by atoms with E-state index in [4.69, 9.17) is 21.3 Å². The first-order valence-corrected chi connectivity index (χ1v) is 6.36. The van der Waals surface area contributed by atoms with Crippen molar-refractivity contribution in [1.82, 2.24) is 15.5 Å². The Kier molecular flexibility index (Phi) is 3.11. The number of rotatable bonds is 2. The molecule has 3 heterocycles. The first-order valence-electron chi connectivity index (χ1n) is 6.36. The van der Waals surface area contributed by atoms with Gasteiger partial charge in [0.1, 0.15) is 18.6 Å². The third kappa shape index (κ3) is 1.82. The number of aliphatic hydroxyl groups is 2. The summed E-state index contributed by atoms with van der Waals surface area (Å²) >= 11 is 0. The topological polar surface area (TPSA) is 176 Å². The molecule has 21 heavy (non-hydrogen) atoms. The SMILES string of the molecule is NC1=NC2(C(=O)N1)C(=O)NC(N)N2[C@H]1C[C@H](O)[C@@H](CO)O1. The second-order valence-electron chi connectivity index (χ2n) is 5.06. The van der Waals surface area contributed by atoms with Crippen LogP contribution in [-0.4, -0.2) is 69.9 Å². The van der Waals surface area contributed by atoms with E-state index in [0.29, 0.717) is 0 Å². The molecule has 2 amide bonds. The zero-order valence-corrected chi connectivity index (χ0v) is 10.9. The van der Waals surface area contributed by atoms with Crippen LogP contribution in [-0.2, 0) is 14.3 Å². The van der Waals surface area contributed by atoms with Gasteiger partial charge in [0.15, 0.2) is 5.96 Å². The van der Waals surface area contributed by atoms with Crippen LogP contribution in [0.3, 0.4) is 0 Å². The smallest absolute Gasteiger partial charge is 0.280 e. The minimum atomic E-state index is -1.95. The van der Waals surface area contributed by atoms with Gasteiger partial charge in [0.25, 0.3) is 17.5 Å². The van der Waals surface area contributed by atoms with Gasteiger partial charge in [0.2, 0.25) is 0 Å². The van der Waals surface area contributed by atoms with E-state index in [0.717, 1.165) is 0 Å². The Bertz CT molecular complexity index is 526. The normalized spacial score (nSPS) is 43.3. The molecule has 8 N–H and O–H groups in total. The number of hydrogen-bond acceptors (Lipinski definition) is 9. The number of guanidine groups is 1. The van der Waals surface area contributed by atoms with Gasteiger partial charge in [-0.05, 0) is 0 Å². The minimum absolute atomic E-state index is 0.0678. The van der Waals surface area contributed by atoms with Crippen LogP contribution in [0.15, 0.2) is 4.99 Å². The van der Waals surface area contributed by atoms with Gasteiger partial charge in [-0.25, -0.2) is 9.89 Å². The molecule has 0 aliphatic carbocycles. The Hall–Kier alpha value is -1.79. The first kappa shape index (κ1) is 14.2. The van der Waals surface area contributed by atoms with Crippen LogP contribution in [0, 0.1) is 0 Å². The van der Waals surface area contributed by atoms with Crippen molar-refractivity contribution in [2.45, 2.75) is 36.8 Å². The molecule has 2 unspecified atom stereocenters. The van der Waals surface area contributed by atoms with E-state index < -0.39 is 48.8 Å². The van der Waals surface area contributed by atoms with Crippen molar-refractivity contribution in [1.29, 1.82) is 0 Å². The summed E-state index contributed by atoms with van der Waals surface area (Å²) in [5.41, 5.74) is 9.35. The molecule has 3 rings (SSSR count). The number of nitrogens with two attached hydrogens (primary N) is 2. The Morgan fingerprint density at radius 2 is 2.19 bits per heavy atom. The number of carbonyl (C=O) groups excluding carboxylic acids is 2. The molecule has 2 fully saturated rings. The Morgan fingerprint density at radius 1 is 1.48 bits per heavy atom. The van der Waals surface area contributed by atoms with Gasteiger partial charge in [-0.1, -0.05) is 0 Å². The van der Waals surface area contributed by atoms with E-state index in [2.05, 4.69) is 15.6 Å². The van der Waals surface area contributed by atoms with Crippen molar-refractivity contribution in [3.63, 3.8) is 0 Å². The number of carbonyl (C=O) groups is 2. The van der Waals surface area contributed by atoms with Crippen molar-refractivity contribution in [2.75, 3.05) is 6.61 Å². The lowest BCUT2D eigenvalue weighted by molar-refractivity contribution is -0.152. The van der Waals surface area contributed by atoms with Crippen LogP contribution in [0.4, 0.5) is 0 Å². The van der Waals surface area contributed by atoms with E-state index in [1.807, 2.05) is 0 Å². The van der Waals surface area contributed by atoms with Crippen LogP contribution in [0.5, 0.6) is 0 Å². The summed E-state index contributed by atoms with van der Waals surface area (Å²) in [7, 11) is 0. The maximum absolute atomic E-state index is 12.1. The largest absolute Gasteiger partial charge is 0.394 e. The fraction of sp³-hybridized carbons (Fsp3) is 0.700. The van der Waals surface area contributed by atoms with Crippen LogP contribution in [0.2, 0.25) is 0 Å². The third-order valence-electron chi connectivity index (χ3n) is 3.80. The van der Waals surface area contributed by atoms with E-state index in [-0.39, 0.29) is 12.4 Å². The zero-order chi connectivity index (χ0) is 15.4. The fourth-order valence-corrected chi connectivity index (χ4v) is 2.85. The molecule has 1 spiro atoms. The lowest BCUT2D eigenvalue weighted by atomic mass is 10.1. The van der Waals surface area contributed by atoms with Crippen molar-refractivity contribution < 1.29 is 24.5 Å². The van der Waals surface area contributed by atoms with Crippen LogP contribution in [0.25, 0.3) is 0 Å². The van der Waals surface area contributed by atoms with E-state index in [9.17, 15) is 14.7 Å². The van der Waals surface area contributed by atoms with Crippen LogP contribution < -0.4 is 22.1 Å². The summed E-state index contributed by atoms with van der Waals surface area (Å²) < 4.78 is 5.46. The molecular formula is C10H16N6O5. The highest BCUT2D eigenvalue weighted by atomic mass is 16.5. The molecule has 0 aromatic heterocycles. The molecule has 116 valence electrons. The molecule has 3 aliphatic heterocycles. The number of amides is 2. The van der Waals surface area contributed by atoms with Gasteiger partial charge in [-0.3, -0.25) is 20.6 Å². The molecule has 0 aromatic carbocycles. The van der Waals surface area contributed by atoms with Crippen molar-refractivity contribution in [3.8, 4) is 0 Å². The van der Waals surface area contributed by atoms with E-state index in [1.165, 1.54) is 4.90 Å². The number of aliphatic hydroxyl groups excluding tert-OH is 2. The third-order valence-corrected chi connectivity index (χ3v) is 3.80. The van der Waals surface area contributed by atoms with Gasteiger partial charge in [-0.15, -0.1) is 0 Å². The highest BCUT2D eigenvalue weighted by Crippen LogP contribution is 2.35. The predicted octanol–water partition coefficient (Wildman–Crippen LogP) is -4.73. The molecule has 3 aliphatic rings.